The van der Waals surface area contributed by atoms with E-state index in [1.807, 2.05) is 0 Å². The largest absolute Gasteiger partial charge is 0.416 e. The third kappa shape index (κ3) is 2.69. The Morgan fingerprint density at radius 1 is 1.10 bits per heavy atom. The average Bonchev–Trinajstić information content (AvgIpc) is 2.79. The molecule has 0 bridgehead atoms. The zero-order valence-corrected chi connectivity index (χ0v) is 12.0. The van der Waals surface area contributed by atoms with Gasteiger partial charge in [0, 0.05) is 11.3 Å². The summed E-state index contributed by atoms with van der Waals surface area (Å²) in [5.41, 5.74) is 6.38. The van der Waals surface area contributed by atoms with Crippen LogP contribution in [0.4, 0.5) is 18.9 Å². The SMILES string of the molecule is Nc1ccc(-c2nc3cc(C(F)(F)F)ccc3s2)c(Cl)c1. The van der Waals surface area contributed by atoms with Crippen molar-refractivity contribution in [2.24, 2.45) is 0 Å². The second-order valence-electron chi connectivity index (χ2n) is 4.44. The van der Waals surface area contributed by atoms with Crippen LogP contribution >= 0.6 is 22.9 Å². The van der Waals surface area contributed by atoms with Crippen molar-refractivity contribution < 1.29 is 13.2 Å². The summed E-state index contributed by atoms with van der Waals surface area (Å²) in [6.07, 6.45) is -4.38. The topological polar surface area (TPSA) is 38.9 Å². The molecule has 2 N–H and O–H groups in total. The lowest BCUT2D eigenvalue weighted by Gasteiger charge is -2.04. The minimum atomic E-state index is -4.38. The normalized spacial score (nSPS) is 12.0. The van der Waals surface area contributed by atoms with E-state index in [-0.39, 0.29) is 0 Å². The van der Waals surface area contributed by atoms with E-state index in [0.717, 1.165) is 12.1 Å². The summed E-state index contributed by atoms with van der Waals surface area (Å²) in [5, 5.41) is 0.986. The van der Waals surface area contributed by atoms with Crippen molar-refractivity contribution in [3.8, 4) is 10.6 Å². The van der Waals surface area contributed by atoms with Gasteiger partial charge in [-0.3, -0.25) is 0 Å². The van der Waals surface area contributed by atoms with Crippen molar-refractivity contribution in [3.63, 3.8) is 0 Å². The predicted molar refractivity (Wildman–Crippen MR) is 79.5 cm³/mol. The number of halogens is 4. The maximum atomic E-state index is 12.7. The summed E-state index contributed by atoms with van der Waals surface area (Å²) in [7, 11) is 0. The molecule has 0 amide bonds. The summed E-state index contributed by atoms with van der Waals surface area (Å²) in [4.78, 5) is 4.24. The maximum Gasteiger partial charge on any atom is 0.416 e. The summed E-state index contributed by atoms with van der Waals surface area (Å²) < 4.78 is 38.8. The Balaban J connectivity index is 2.13. The third-order valence-electron chi connectivity index (χ3n) is 2.94. The van der Waals surface area contributed by atoms with Crippen LogP contribution in [0.3, 0.4) is 0 Å². The van der Waals surface area contributed by atoms with Crippen LogP contribution in [0.1, 0.15) is 5.56 Å². The first-order chi connectivity index (χ1) is 9.84. The molecule has 0 saturated heterocycles. The summed E-state index contributed by atoms with van der Waals surface area (Å²) in [5.74, 6) is 0. The number of nitrogens with two attached hydrogens (primary N) is 1. The van der Waals surface area contributed by atoms with Crippen LogP contribution < -0.4 is 5.73 Å². The molecule has 0 unspecified atom stereocenters. The van der Waals surface area contributed by atoms with E-state index in [9.17, 15) is 13.2 Å². The number of rotatable bonds is 1. The highest BCUT2D eigenvalue weighted by Crippen LogP contribution is 2.37. The van der Waals surface area contributed by atoms with E-state index >= 15 is 0 Å². The van der Waals surface area contributed by atoms with Gasteiger partial charge in [0.2, 0.25) is 0 Å². The molecule has 1 aromatic heterocycles. The monoisotopic (exact) mass is 328 g/mol. The Hall–Kier alpha value is -1.79. The fourth-order valence-electron chi connectivity index (χ4n) is 1.92. The van der Waals surface area contributed by atoms with Crippen molar-refractivity contribution in [2.45, 2.75) is 6.18 Å². The van der Waals surface area contributed by atoms with Crippen molar-refractivity contribution in [1.82, 2.24) is 4.98 Å². The molecule has 2 aromatic carbocycles. The summed E-state index contributed by atoms with van der Waals surface area (Å²) >= 11 is 7.39. The smallest absolute Gasteiger partial charge is 0.399 e. The number of benzene rings is 2. The molecule has 21 heavy (non-hydrogen) atoms. The van der Waals surface area contributed by atoms with Gasteiger partial charge in [-0.15, -0.1) is 11.3 Å². The second kappa shape index (κ2) is 4.89. The lowest BCUT2D eigenvalue weighted by Crippen LogP contribution is -2.03. The number of fused-ring (bicyclic) bond motifs is 1. The molecule has 108 valence electrons. The minimum absolute atomic E-state index is 0.303. The lowest BCUT2D eigenvalue weighted by atomic mass is 10.2. The second-order valence-corrected chi connectivity index (χ2v) is 5.88. The molecule has 3 rings (SSSR count). The van der Waals surface area contributed by atoms with Crippen LogP contribution in [-0.4, -0.2) is 4.98 Å². The predicted octanol–water partition coefficient (Wildman–Crippen LogP) is 5.22. The van der Waals surface area contributed by atoms with E-state index in [0.29, 0.717) is 31.5 Å². The van der Waals surface area contributed by atoms with Gasteiger partial charge >= 0.3 is 6.18 Å². The molecule has 0 atom stereocenters. The highest BCUT2D eigenvalue weighted by Gasteiger charge is 2.30. The van der Waals surface area contributed by atoms with Crippen LogP contribution in [0.2, 0.25) is 5.02 Å². The van der Waals surface area contributed by atoms with Crippen LogP contribution in [0.25, 0.3) is 20.8 Å². The number of alkyl halides is 3. The lowest BCUT2D eigenvalue weighted by molar-refractivity contribution is -0.137. The van der Waals surface area contributed by atoms with Gasteiger partial charge in [-0.2, -0.15) is 13.2 Å². The Labute approximate surface area is 127 Å². The van der Waals surface area contributed by atoms with Gasteiger partial charge in [0.15, 0.2) is 0 Å². The number of nitrogen functional groups attached to an aromatic ring is 1. The van der Waals surface area contributed by atoms with Gasteiger partial charge < -0.3 is 5.73 Å². The molecule has 0 saturated carbocycles. The highest BCUT2D eigenvalue weighted by atomic mass is 35.5. The number of thiazole rings is 1. The van der Waals surface area contributed by atoms with Crippen LogP contribution in [0, 0.1) is 0 Å². The Morgan fingerprint density at radius 2 is 1.86 bits per heavy atom. The van der Waals surface area contributed by atoms with Crippen LogP contribution in [0.5, 0.6) is 0 Å². The zero-order chi connectivity index (χ0) is 15.2. The fourth-order valence-corrected chi connectivity index (χ4v) is 3.24. The van der Waals surface area contributed by atoms with Gasteiger partial charge in [0.05, 0.1) is 20.8 Å². The molecular formula is C14H8ClF3N2S. The number of nitrogens with zero attached hydrogens (tertiary/aromatic N) is 1. The Morgan fingerprint density at radius 3 is 2.52 bits per heavy atom. The van der Waals surface area contributed by atoms with E-state index in [1.54, 1.807) is 18.2 Å². The molecule has 0 aliphatic rings. The van der Waals surface area contributed by atoms with E-state index in [1.165, 1.54) is 17.4 Å². The van der Waals surface area contributed by atoms with Gasteiger partial charge in [0.25, 0.3) is 0 Å². The first-order valence-electron chi connectivity index (χ1n) is 5.88. The number of aromatic nitrogens is 1. The molecule has 0 fully saturated rings. The number of anilines is 1. The van der Waals surface area contributed by atoms with Crippen LogP contribution in [0.15, 0.2) is 36.4 Å². The zero-order valence-electron chi connectivity index (χ0n) is 10.4. The summed E-state index contributed by atoms with van der Waals surface area (Å²) in [6, 6.07) is 8.48. The van der Waals surface area contributed by atoms with E-state index < -0.39 is 11.7 Å². The van der Waals surface area contributed by atoms with Gasteiger partial charge in [-0.1, -0.05) is 11.6 Å². The van der Waals surface area contributed by atoms with Crippen molar-refractivity contribution in [1.29, 1.82) is 0 Å². The number of hydrogen-bond acceptors (Lipinski definition) is 3. The molecule has 3 aromatic rings. The Bertz CT molecular complexity index is 827. The standard InChI is InChI=1S/C14H8ClF3N2S/c15-10-6-8(19)2-3-9(10)13-20-11-5-7(14(16,17)18)1-4-12(11)21-13/h1-6H,19H2. The fraction of sp³-hybridized carbons (Fsp3) is 0.0714. The van der Waals surface area contributed by atoms with Gasteiger partial charge in [0.1, 0.15) is 5.01 Å². The molecule has 2 nitrogen and oxygen atoms in total. The van der Waals surface area contributed by atoms with Crippen LogP contribution in [-0.2, 0) is 6.18 Å². The molecular weight excluding hydrogens is 321 g/mol. The first kappa shape index (κ1) is 14.2. The Kier molecular flexibility index (Phi) is 3.30. The van der Waals surface area contributed by atoms with Crippen molar-refractivity contribution in [2.75, 3.05) is 5.73 Å². The third-order valence-corrected chi connectivity index (χ3v) is 4.32. The molecule has 7 heteroatoms. The maximum absolute atomic E-state index is 12.7. The molecule has 0 aliphatic heterocycles. The average molecular weight is 329 g/mol. The molecule has 0 radical (unpaired) electrons. The van der Waals surface area contributed by atoms with Crippen molar-refractivity contribution >= 4 is 38.8 Å². The molecule has 0 aliphatic carbocycles. The van der Waals surface area contributed by atoms with E-state index in [4.69, 9.17) is 17.3 Å². The first-order valence-corrected chi connectivity index (χ1v) is 7.07. The number of hydrogen-bond donors (Lipinski definition) is 1. The van der Waals surface area contributed by atoms with Gasteiger partial charge in [-0.05, 0) is 36.4 Å². The van der Waals surface area contributed by atoms with E-state index in [2.05, 4.69) is 4.98 Å². The quantitative estimate of drug-likeness (QED) is 0.622. The van der Waals surface area contributed by atoms with Crippen molar-refractivity contribution in [3.05, 3.63) is 47.0 Å². The highest BCUT2D eigenvalue weighted by molar-refractivity contribution is 7.21. The molecule has 0 spiro atoms. The molecule has 1 heterocycles. The van der Waals surface area contributed by atoms with Gasteiger partial charge in [-0.25, -0.2) is 4.98 Å². The summed E-state index contributed by atoms with van der Waals surface area (Å²) in [6.45, 7) is 0. The minimum Gasteiger partial charge on any atom is -0.399 e.